The van der Waals surface area contributed by atoms with Crippen LogP contribution in [-0.2, 0) is 6.54 Å². The molecule has 1 aliphatic rings. The van der Waals surface area contributed by atoms with Crippen LogP contribution in [0.15, 0.2) is 6.33 Å². The van der Waals surface area contributed by atoms with Gasteiger partial charge < -0.3 is 19.9 Å². The highest BCUT2D eigenvalue weighted by Gasteiger charge is 2.41. The number of hydrogen-bond donors (Lipinski definition) is 2. The third-order valence-corrected chi connectivity index (χ3v) is 3.65. The Hall–Kier alpha value is -1.40. The number of nitrogens with one attached hydrogen (secondary N) is 1. The summed E-state index contributed by atoms with van der Waals surface area (Å²) in [4.78, 5) is 8.16. The minimum atomic E-state index is 0.253. The Bertz CT molecular complexity index is 399. The molecule has 1 aromatic rings. The normalized spacial score (nSPS) is 16.2. The molecule has 2 rings (SSSR count). The zero-order chi connectivity index (χ0) is 13.7. The van der Waals surface area contributed by atoms with E-state index >= 15 is 0 Å². The number of aromatic nitrogens is 2. The van der Waals surface area contributed by atoms with Crippen molar-refractivity contribution in [1.29, 1.82) is 0 Å². The summed E-state index contributed by atoms with van der Waals surface area (Å²) in [7, 11) is 3.17. The summed E-state index contributed by atoms with van der Waals surface area (Å²) >= 11 is 0. The van der Waals surface area contributed by atoms with Crippen LogP contribution in [0.1, 0.15) is 24.8 Å². The van der Waals surface area contributed by atoms with Crippen LogP contribution in [0.25, 0.3) is 0 Å². The van der Waals surface area contributed by atoms with E-state index in [-0.39, 0.29) is 12.0 Å². The molecule has 106 valence electrons. The molecule has 1 aromatic heterocycles. The van der Waals surface area contributed by atoms with Gasteiger partial charge in [-0.15, -0.1) is 0 Å². The lowest BCUT2D eigenvalue weighted by Gasteiger charge is -2.16. The fourth-order valence-corrected chi connectivity index (χ4v) is 2.27. The van der Waals surface area contributed by atoms with Crippen LogP contribution < -0.4 is 14.8 Å². The molecule has 0 saturated heterocycles. The minimum absolute atomic E-state index is 0.253. The highest BCUT2D eigenvalue weighted by molar-refractivity contribution is 5.34. The first-order valence-electron chi connectivity index (χ1n) is 6.48. The SMILES string of the molecule is COc1ncnc(OC)c1CNCC1(CCO)CC1. The molecule has 1 saturated carbocycles. The summed E-state index contributed by atoms with van der Waals surface area (Å²) in [6.45, 7) is 1.73. The molecule has 1 fully saturated rings. The third kappa shape index (κ3) is 3.33. The lowest BCUT2D eigenvalue weighted by Crippen LogP contribution is -2.25. The van der Waals surface area contributed by atoms with Crippen molar-refractivity contribution in [1.82, 2.24) is 15.3 Å². The van der Waals surface area contributed by atoms with Gasteiger partial charge in [0.1, 0.15) is 6.33 Å². The predicted molar refractivity (Wildman–Crippen MR) is 70.2 cm³/mol. The first kappa shape index (κ1) is 14.0. The van der Waals surface area contributed by atoms with Gasteiger partial charge in [-0.05, 0) is 24.7 Å². The largest absolute Gasteiger partial charge is 0.481 e. The fraction of sp³-hybridized carbons (Fsp3) is 0.692. The summed E-state index contributed by atoms with van der Waals surface area (Å²) in [5.41, 5.74) is 1.11. The molecule has 6 nitrogen and oxygen atoms in total. The van der Waals surface area contributed by atoms with Crippen molar-refractivity contribution in [3.63, 3.8) is 0 Å². The Morgan fingerprint density at radius 1 is 1.26 bits per heavy atom. The monoisotopic (exact) mass is 267 g/mol. The van der Waals surface area contributed by atoms with Crippen LogP contribution in [0.4, 0.5) is 0 Å². The first-order chi connectivity index (χ1) is 9.24. The lowest BCUT2D eigenvalue weighted by molar-refractivity contribution is 0.244. The lowest BCUT2D eigenvalue weighted by atomic mass is 10.0. The molecule has 0 spiro atoms. The van der Waals surface area contributed by atoms with E-state index in [9.17, 15) is 0 Å². The van der Waals surface area contributed by atoms with Gasteiger partial charge in [-0.2, -0.15) is 0 Å². The van der Waals surface area contributed by atoms with Gasteiger partial charge in [-0.3, -0.25) is 0 Å². The quantitative estimate of drug-likeness (QED) is 0.723. The Kier molecular flexibility index (Phi) is 4.55. The second kappa shape index (κ2) is 6.16. The van der Waals surface area contributed by atoms with Crippen molar-refractivity contribution in [3.05, 3.63) is 11.9 Å². The fourth-order valence-electron chi connectivity index (χ4n) is 2.27. The molecule has 1 aliphatic carbocycles. The molecular weight excluding hydrogens is 246 g/mol. The van der Waals surface area contributed by atoms with Crippen LogP contribution in [-0.4, -0.2) is 42.4 Å². The van der Waals surface area contributed by atoms with Crippen molar-refractivity contribution >= 4 is 0 Å². The zero-order valence-electron chi connectivity index (χ0n) is 11.5. The van der Waals surface area contributed by atoms with Gasteiger partial charge in [0.2, 0.25) is 11.8 Å². The second-order valence-electron chi connectivity index (χ2n) is 4.95. The molecule has 0 aliphatic heterocycles. The third-order valence-electron chi connectivity index (χ3n) is 3.65. The Morgan fingerprint density at radius 2 is 1.89 bits per heavy atom. The van der Waals surface area contributed by atoms with Crippen molar-refractivity contribution in [3.8, 4) is 11.8 Å². The average molecular weight is 267 g/mol. The Balaban J connectivity index is 1.95. The summed E-state index contributed by atoms with van der Waals surface area (Å²) in [5.74, 6) is 1.07. The summed E-state index contributed by atoms with van der Waals surface area (Å²) in [6, 6.07) is 0. The molecule has 0 aromatic carbocycles. The number of rotatable bonds is 8. The maximum absolute atomic E-state index is 9.03. The number of ether oxygens (including phenoxy) is 2. The molecule has 0 amide bonds. The number of hydrogen-bond acceptors (Lipinski definition) is 6. The smallest absolute Gasteiger partial charge is 0.224 e. The van der Waals surface area contributed by atoms with Crippen LogP contribution in [0, 0.1) is 5.41 Å². The van der Waals surface area contributed by atoms with E-state index < -0.39 is 0 Å². The van der Waals surface area contributed by atoms with Gasteiger partial charge in [0.25, 0.3) is 0 Å². The average Bonchev–Trinajstić information content (AvgIpc) is 3.19. The maximum Gasteiger partial charge on any atom is 0.224 e. The Morgan fingerprint density at radius 3 is 2.37 bits per heavy atom. The molecule has 6 heteroatoms. The van der Waals surface area contributed by atoms with Crippen LogP contribution in [0.5, 0.6) is 11.8 Å². The minimum Gasteiger partial charge on any atom is -0.481 e. The van der Waals surface area contributed by atoms with Crippen molar-refractivity contribution in [2.45, 2.75) is 25.8 Å². The van der Waals surface area contributed by atoms with Crippen molar-refractivity contribution < 1.29 is 14.6 Å². The molecule has 0 atom stereocenters. The van der Waals surface area contributed by atoms with Gasteiger partial charge in [0, 0.05) is 19.7 Å². The molecule has 0 radical (unpaired) electrons. The van der Waals surface area contributed by atoms with Gasteiger partial charge in [-0.1, -0.05) is 0 Å². The van der Waals surface area contributed by atoms with E-state index in [2.05, 4.69) is 15.3 Å². The Labute approximate surface area is 113 Å². The van der Waals surface area contributed by atoms with E-state index in [4.69, 9.17) is 14.6 Å². The summed E-state index contributed by atoms with van der Waals surface area (Å²) in [5, 5.41) is 12.4. The van der Waals surface area contributed by atoms with Crippen LogP contribution >= 0.6 is 0 Å². The number of methoxy groups -OCH3 is 2. The van der Waals surface area contributed by atoms with Crippen molar-refractivity contribution in [2.75, 3.05) is 27.4 Å². The number of nitrogens with zero attached hydrogens (tertiary/aromatic N) is 2. The molecule has 0 bridgehead atoms. The predicted octanol–water partition coefficient (Wildman–Crippen LogP) is 0.746. The maximum atomic E-state index is 9.03. The zero-order valence-corrected chi connectivity index (χ0v) is 11.5. The molecule has 1 heterocycles. The summed E-state index contributed by atoms with van der Waals surface area (Å²) < 4.78 is 10.4. The van der Waals surface area contributed by atoms with Gasteiger partial charge in [0.05, 0.1) is 19.8 Å². The first-order valence-corrected chi connectivity index (χ1v) is 6.48. The molecule has 19 heavy (non-hydrogen) atoms. The second-order valence-corrected chi connectivity index (χ2v) is 4.95. The van der Waals surface area contributed by atoms with E-state index in [0.29, 0.717) is 18.3 Å². The number of aliphatic hydroxyl groups excluding tert-OH is 1. The van der Waals surface area contributed by atoms with Gasteiger partial charge in [-0.25, -0.2) is 9.97 Å². The standard InChI is InChI=1S/C13H21N3O3/c1-18-11-10(12(19-2)16-9-15-11)7-14-8-13(3-4-13)5-6-17/h9,14,17H,3-8H2,1-2H3. The van der Waals surface area contributed by atoms with Gasteiger partial charge in [0.15, 0.2) is 0 Å². The molecule has 0 unspecified atom stereocenters. The van der Waals surface area contributed by atoms with E-state index in [1.807, 2.05) is 0 Å². The molecule has 2 N–H and O–H groups in total. The molecular formula is C13H21N3O3. The highest BCUT2D eigenvalue weighted by atomic mass is 16.5. The topological polar surface area (TPSA) is 76.5 Å². The summed E-state index contributed by atoms with van der Waals surface area (Å²) in [6.07, 6.45) is 4.65. The van der Waals surface area contributed by atoms with E-state index in [1.54, 1.807) is 14.2 Å². The van der Waals surface area contributed by atoms with Crippen LogP contribution in [0.2, 0.25) is 0 Å². The number of aliphatic hydroxyl groups is 1. The van der Waals surface area contributed by atoms with Crippen molar-refractivity contribution in [2.24, 2.45) is 5.41 Å². The van der Waals surface area contributed by atoms with E-state index in [0.717, 1.165) is 18.5 Å². The van der Waals surface area contributed by atoms with Crippen LogP contribution in [0.3, 0.4) is 0 Å². The van der Waals surface area contributed by atoms with E-state index in [1.165, 1.54) is 19.2 Å². The highest BCUT2D eigenvalue weighted by Crippen LogP contribution is 2.48. The van der Waals surface area contributed by atoms with Gasteiger partial charge >= 0.3 is 0 Å².